The van der Waals surface area contributed by atoms with Crippen molar-refractivity contribution in [2.75, 3.05) is 13.2 Å². The van der Waals surface area contributed by atoms with Crippen LogP contribution in [0.1, 0.15) is 10.7 Å². The van der Waals surface area contributed by atoms with Crippen molar-refractivity contribution < 1.29 is 9.84 Å². The summed E-state index contributed by atoms with van der Waals surface area (Å²) in [4.78, 5) is 4.34. The van der Waals surface area contributed by atoms with Crippen LogP contribution in [0.2, 0.25) is 5.02 Å². The Hall–Kier alpha value is -1.14. The number of ether oxygens (including phenoxy) is 1. The Labute approximate surface area is 127 Å². The average Bonchev–Trinajstić information content (AvgIpc) is 2.84. The largest absolute Gasteiger partial charge is 0.491 e. The van der Waals surface area contributed by atoms with Crippen molar-refractivity contribution >= 4 is 22.9 Å². The van der Waals surface area contributed by atoms with Gasteiger partial charge in [-0.15, -0.1) is 11.3 Å². The Balaban J connectivity index is 1.65. The molecule has 0 aliphatic rings. The fourth-order valence-corrected chi connectivity index (χ4v) is 2.38. The summed E-state index contributed by atoms with van der Waals surface area (Å²) in [5.74, 6) is 0.698. The van der Waals surface area contributed by atoms with Crippen LogP contribution < -0.4 is 10.1 Å². The number of hydrogen-bond acceptors (Lipinski definition) is 5. The third kappa shape index (κ3) is 5.09. The van der Waals surface area contributed by atoms with E-state index in [0.29, 0.717) is 23.9 Å². The molecule has 0 amide bonds. The highest BCUT2D eigenvalue weighted by atomic mass is 35.5. The minimum atomic E-state index is -0.564. The molecule has 0 saturated heterocycles. The molecule has 2 aromatic rings. The monoisotopic (exact) mass is 312 g/mol. The van der Waals surface area contributed by atoms with Crippen LogP contribution >= 0.6 is 22.9 Å². The van der Waals surface area contributed by atoms with Crippen LogP contribution in [-0.2, 0) is 6.54 Å². The minimum absolute atomic E-state index is 0.241. The van der Waals surface area contributed by atoms with Crippen LogP contribution in [-0.4, -0.2) is 29.3 Å². The molecule has 1 aromatic heterocycles. The molecule has 6 heteroatoms. The second-order valence-electron chi connectivity index (χ2n) is 4.41. The normalized spacial score (nSPS) is 12.3. The third-order valence-electron chi connectivity index (χ3n) is 2.61. The number of aromatic nitrogens is 1. The highest BCUT2D eigenvalue weighted by Crippen LogP contribution is 2.15. The average molecular weight is 313 g/mol. The summed E-state index contributed by atoms with van der Waals surface area (Å²) in [6.07, 6.45) is -0.564. The molecule has 0 fully saturated rings. The van der Waals surface area contributed by atoms with Crippen LogP contribution in [0.4, 0.5) is 0 Å². The maximum atomic E-state index is 9.82. The molecule has 20 heavy (non-hydrogen) atoms. The van der Waals surface area contributed by atoms with E-state index in [1.165, 1.54) is 0 Å². The molecule has 2 rings (SSSR count). The standard InChI is InChI=1S/C14H17ClN2O2S/c1-10-17-12(9-20-10)6-16-7-13(18)8-19-14-4-2-11(15)3-5-14/h2-5,9,13,16,18H,6-8H2,1H3. The first-order valence-electron chi connectivity index (χ1n) is 6.31. The van der Waals surface area contributed by atoms with Gasteiger partial charge in [-0.3, -0.25) is 0 Å². The van der Waals surface area contributed by atoms with Crippen molar-refractivity contribution in [1.29, 1.82) is 0 Å². The van der Waals surface area contributed by atoms with Gasteiger partial charge in [-0.05, 0) is 31.2 Å². The topological polar surface area (TPSA) is 54.4 Å². The van der Waals surface area contributed by atoms with Gasteiger partial charge in [-0.25, -0.2) is 4.98 Å². The molecular formula is C14H17ClN2O2S. The van der Waals surface area contributed by atoms with Crippen LogP contribution in [0.15, 0.2) is 29.6 Å². The molecule has 0 aliphatic carbocycles. The van der Waals surface area contributed by atoms with Crippen molar-refractivity contribution in [2.45, 2.75) is 19.6 Å². The highest BCUT2D eigenvalue weighted by Gasteiger charge is 2.06. The number of halogens is 1. The Morgan fingerprint density at radius 1 is 1.40 bits per heavy atom. The summed E-state index contributed by atoms with van der Waals surface area (Å²) in [5, 5.41) is 16.7. The Morgan fingerprint density at radius 2 is 2.15 bits per heavy atom. The van der Waals surface area contributed by atoms with Gasteiger partial charge in [0.2, 0.25) is 0 Å². The highest BCUT2D eigenvalue weighted by molar-refractivity contribution is 7.09. The van der Waals surface area contributed by atoms with Gasteiger partial charge in [-0.2, -0.15) is 0 Å². The SMILES string of the molecule is Cc1nc(CNCC(O)COc2ccc(Cl)cc2)cs1. The lowest BCUT2D eigenvalue weighted by Crippen LogP contribution is -2.31. The smallest absolute Gasteiger partial charge is 0.119 e. The maximum absolute atomic E-state index is 9.82. The molecule has 0 aliphatic heterocycles. The first-order chi connectivity index (χ1) is 9.63. The van der Waals surface area contributed by atoms with Gasteiger partial charge < -0.3 is 15.2 Å². The summed E-state index contributed by atoms with van der Waals surface area (Å²) in [6.45, 7) is 3.33. The lowest BCUT2D eigenvalue weighted by Gasteiger charge is -2.12. The zero-order valence-corrected chi connectivity index (χ0v) is 12.7. The molecule has 1 heterocycles. The van der Waals surface area contributed by atoms with Gasteiger partial charge in [0.05, 0.1) is 10.7 Å². The lowest BCUT2D eigenvalue weighted by atomic mass is 10.3. The van der Waals surface area contributed by atoms with E-state index in [1.807, 2.05) is 12.3 Å². The number of aliphatic hydroxyl groups is 1. The number of benzene rings is 1. The Bertz CT molecular complexity index is 530. The first kappa shape index (κ1) is 15.3. The van der Waals surface area contributed by atoms with Gasteiger partial charge in [0.15, 0.2) is 0 Å². The Kier molecular flexibility index (Phi) is 5.79. The molecular weight excluding hydrogens is 296 g/mol. The predicted octanol–water partition coefficient (Wildman–Crippen LogP) is 2.63. The van der Waals surface area contributed by atoms with E-state index in [0.717, 1.165) is 10.7 Å². The molecule has 1 atom stereocenters. The number of hydrogen-bond donors (Lipinski definition) is 2. The molecule has 0 radical (unpaired) electrons. The second-order valence-corrected chi connectivity index (χ2v) is 5.91. The van der Waals surface area contributed by atoms with Crippen molar-refractivity contribution in [2.24, 2.45) is 0 Å². The summed E-state index contributed by atoms with van der Waals surface area (Å²) in [7, 11) is 0. The molecule has 1 unspecified atom stereocenters. The molecule has 2 N–H and O–H groups in total. The fourth-order valence-electron chi connectivity index (χ4n) is 1.64. The van der Waals surface area contributed by atoms with E-state index in [4.69, 9.17) is 16.3 Å². The van der Waals surface area contributed by atoms with Gasteiger partial charge >= 0.3 is 0 Å². The van der Waals surface area contributed by atoms with Crippen LogP contribution in [0.5, 0.6) is 5.75 Å². The number of thiazole rings is 1. The van der Waals surface area contributed by atoms with E-state index in [-0.39, 0.29) is 6.61 Å². The van der Waals surface area contributed by atoms with E-state index < -0.39 is 6.10 Å². The quantitative estimate of drug-likeness (QED) is 0.825. The molecule has 4 nitrogen and oxygen atoms in total. The van der Waals surface area contributed by atoms with Crippen molar-refractivity contribution in [3.05, 3.63) is 45.4 Å². The number of rotatable bonds is 7. The van der Waals surface area contributed by atoms with Crippen molar-refractivity contribution in [3.8, 4) is 5.75 Å². The van der Waals surface area contributed by atoms with E-state index in [1.54, 1.807) is 35.6 Å². The zero-order chi connectivity index (χ0) is 14.4. The third-order valence-corrected chi connectivity index (χ3v) is 3.68. The molecule has 0 bridgehead atoms. The Morgan fingerprint density at radius 3 is 2.80 bits per heavy atom. The molecule has 0 spiro atoms. The first-order valence-corrected chi connectivity index (χ1v) is 7.57. The maximum Gasteiger partial charge on any atom is 0.119 e. The van der Waals surface area contributed by atoms with E-state index in [9.17, 15) is 5.11 Å². The van der Waals surface area contributed by atoms with Crippen molar-refractivity contribution in [3.63, 3.8) is 0 Å². The predicted molar refractivity (Wildman–Crippen MR) is 81.5 cm³/mol. The van der Waals surface area contributed by atoms with Crippen LogP contribution in [0, 0.1) is 6.92 Å². The number of nitrogens with one attached hydrogen (secondary N) is 1. The summed E-state index contributed by atoms with van der Waals surface area (Å²) in [6, 6.07) is 7.07. The lowest BCUT2D eigenvalue weighted by molar-refractivity contribution is 0.106. The van der Waals surface area contributed by atoms with E-state index in [2.05, 4.69) is 10.3 Å². The van der Waals surface area contributed by atoms with Gasteiger partial charge in [0.25, 0.3) is 0 Å². The van der Waals surface area contributed by atoms with Crippen LogP contribution in [0.3, 0.4) is 0 Å². The van der Waals surface area contributed by atoms with E-state index >= 15 is 0 Å². The molecule has 1 aromatic carbocycles. The van der Waals surface area contributed by atoms with Gasteiger partial charge in [0, 0.05) is 23.5 Å². The fraction of sp³-hybridized carbons (Fsp3) is 0.357. The number of aliphatic hydroxyl groups excluding tert-OH is 1. The number of aryl methyl sites for hydroxylation is 1. The molecule has 0 saturated carbocycles. The zero-order valence-electron chi connectivity index (χ0n) is 11.2. The summed E-state index contributed by atoms with van der Waals surface area (Å²) < 4.78 is 5.47. The van der Waals surface area contributed by atoms with Gasteiger partial charge in [0.1, 0.15) is 18.5 Å². The second kappa shape index (κ2) is 7.59. The summed E-state index contributed by atoms with van der Waals surface area (Å²) in [5.41, 5.74) is 0.998. The van der Waals surface area contributed by atoms with Crippen LogP contribution in [0.25, 0.3) is 0 Å². The summed E-state index contributed by atoms with van der Waals surface area (Å²) >= 11 is 7.41. The van der Waals surface area contributed by atoms with Crippen molar-refractivity contribution in [1.82, 2.24) is 10.3 Å². The van der Waals surface area contributed by atoms with Gasteiger partial charge in [-0.1, -0.05) is 11.6 Å². The minimum Gasteiger partial charge on any atom is -0.491 e. The number of nitrogens with zero attached hydrogens (tertiary/aromatic N) is 1. The molecule has 108 valence electrons.